The normalized spacial score (nSPS) is 12.3. The average Bonchev–Trinajstić information content (AvgIpc) is 2.08. The van der Waals surface area contributed by atoms with E-state index in [4.69, 9.17) is 17.3 Å². The van der Waals surface area contributed by atoms with Gasteiger partial charge in [-0.15, -0.1) is 0 Å². The van der Waals surface area contributed by atoms with Gasteiger partial charge in [0.15, 0.2) is 0 Å². The first kappa shape index (κ1) is 9.81. The standard InChI is InChI=1S/C10H11ClN2/c1-8(12)6-7-13-10-4-2-9(11)3-5-10/h2-7H,12H2,1H3/b8-6-,13-7?. The molecule has 0 amide bonds. The average molecular weight is 195 g/mol. The first-order valence-corrected chi connectivity index (χ1v) is 4.28. The van der Waals surface area contributed by atoms with Crippen LogP contribution in [0.4, 0.5) is 5.69 Å². The highest BCUT2D eigenvalue weighted by Gasteiger charge is 1.86. The molecule has 0 aliphatic heterocycles. The highest BCUT2D eigenvalue weighted by Crippen LogP contribution is 2.15. The van der Waals surface area contributed by atoms with Crippen LogP contribution in [-0.2, 0) is 0 Å². The minimum atomic E-state index is 0.712. The van der Waals surface area contributed by atoms with Crippen molar-refractivity contribution in [3.63, 3.8) is 0 Å². The second kappa shape index (κ2) is 4.67. The van der Waals surface area contributed by atoms with Gasteiger partial charge in [0.25, 0.3) is 0 Å². The topological polar surface area (TPSA) is 38.4 Å². The Labute approximate surface area is 82.7 Å². The number of rotatable bonds is 2. The molecule has 0 radical (unpaired) electrons. The predicted molar refractivity (Wildman–Crippen MR) is 57.5 cm³/mol. The van der Waals surface area contributed by atoms with E-state index in [1.54, 1.807) is 24.4 Å². The Bertz CT molecular complexity index is 321. The molecule has 0 unspecified atom stereocenters. The molecule has 2 nitrogen and oxygen atoms in total. The van der Waals surface area contributed by atoms with E-state index in [0.29, 0.717) is 5.02 Å². The number of hydrogen-bond acceptors (Lipinski definition) is 2. The number of hydrogen-bond donors (Lipinski definition) is 1. The molecule has 0 atom stereocenters. The van der Waals surface area contributed by atoms with Crippen LogP contribution in [-0.4, -0.2) is 6.21 Å². The highest BCUT2D eigenvalue weighted by molar-refractivity contribution is 6.30. The van der Waals surface area contributed by atoms with Crippen LogP contribution in [0, 0.1) is 0 Å². The SMILES string of the molecule is C/C(N)=C/C=Nc1ccc(Cl)cc1. The molecule has 0 saturated heterocycles. The maximum atomic E-state index is 5.71. The second-order valence-electron chi connectivity index (χ2n) is 2.67. The van der Waals surface area contributed by atoms with Crippen molar-refractivity contribution in [1.82, 2.24) is 0 Å². The summed E-state index contributed by atoms with van der Waals surface area (Å²) >= 11 is 5.71. The predicted octanol–water partition coefficient (Wildman–Crippen LogP) is 2.90. The largest absolute Gasteiger partial charge is 0.402 e. The Morgan fingerprint density at radius 3 is 2.54 bits per heavy atom. The van der Waals surface area contributed by atoms with Gasteiger partial charge < -0.3 is 5.73 Å². The highest BCUT2D eigenvalue weighted by atomic mass is 35.5. The molecule has 0 saturated carbocycles. The van der Waals surface area contributed by atoms with Crippen LogP contribution in [0.15, 0.2) is 41.0 Å². The minimum absolute atomic E-state index is 0.712. The van der Waals surface area contributed by atoms with E-state index in [1.165, 1.54) is 0 Å². The minimum Gasteiger partial charge on any atom is -0.402 e. The maximum absolute atomic E-state index is 5.71. The van der Waals surface area contributed by atoms with Crippen molar-refractivity contribution in [3.8, 4) is 0 Å². The van der Waals surface area contributed by atoms with Gasteiger partial charge in [-0.3, -0.25) is 4.99 Å². The summed E-state index contributed by atoms with van der Waals surface area (Å²) in [6.45, 7) is 1.81. The number of halogens is 1. The molecule has 13 heavy (non-hydrogen) atoms. The summed E-state index contributed by atoms with van der Waals surface area (Å²) in [7, 11) is 0. The molecule has 0 aliphatic rings. The molecule has 3 heteroatoms. The zero-order valence-corrected chi connectivity index (χ0v) is 8.12. The third-order valence-corrected chi connectivity index (χ3v) is 1.64. The lowest BCUT2D eigenvalue weighted by molar-refractivity contribution is 1.33. The molecule has 0 heterocycles. The van der Waals surface area contributed by atoms with Gasteiger partial charge in [-0.05, 0) is 37.3 Å². The molecule has 0 fully saturated rings. The van der Waals surface area contributed by atoms with Gasteiger partial charge in [0.05, 0.1) is 5.69 Å². The summed E-state index contributed by atoms with van der Waals surface area (Å²) in [5.74, 6) is 0. The van der Waals surface area contributed by atoms with Gasteiger partial charge in [0.1, 0.15) is 0 Å². The number of benzene rings is 1. The fraction of sp³-hybridized carbons (Fsp3) is 0.100. The van der Waals surface area contributed by atoms with Crippen molar-refractivity contribution in [2.75, 3.05) is 0 Å². The van der Waals surface area contributed by atoms with Crippen molar-refractivity contribution in [3.05, 3.63) is 41.1 Å². The Hall–Kier alpha value is -1.28. The van der Waals surface area contributed by atoms with E-state index >= 15 is 0 Å². The summed E-state index contributed by atoms with van der Waals surface area (Å²) in [5.41, 5.74) is 7.03. The molecule has 68 valence electrons. The summed E-state index contributed by atoms with van der Waals surface area (Å²) in [5, 5.41) is 0.712. The molecule has 2 N–H and O–H groups in total. The maximum Gasteiger partial charge on any atom is 0.0630 e. The van der Waals surface area contributed by atoms with Gasteiger partial charge in [0.2, 0.25) is 0 Å². The number of nitrogens with zero attached hydrogens (tertiary/aromatic N) is 1. The van der Waals surface area contributed by atoms with Crippen LogP contribution in [0.5, 0.6) is 0 Å². The Morgan fingerprint density at radius 2 is 2.00 bits per heavy atom. The van der Waals surface area contributed by atoms with E-state index in [1.807, 2.05) is 19.1 Å². The lowest BCUT2D eigenvalue weighted by Gasteiger charge is -1.91. The molecule has 1 aromatic carbocycles. The van der Waals surface area contributed by atoms with Crippen molar-refractivity contribution in [1.29, 1.82) is 0 Å². The molecular weight excluding hydrogens is 184 g/mol. The van der Waals surface area contributed by atoms with E-state index in [9.17, 15) is 0 Å². The fourth-order valence-corrected chi connectivity index (χ4v) is 0.894. The number of nitrogens with two attached hydrogens (primary N) is 1. The second-order valence-corrected chi connectivity index (χ2v) is 3.10. The van der Waals surface area contributed by atoms with E-state index in [2.05, 4.69) is 4.99 Å². The quantitative estimate of drug-likeness (QED) is 0.723. The molecule has 0 bridgehead atoms. The van der Waals surface area contributed by atoms with Crippen LogP contribution in [0.25, 0.3) is 0 Å². The zero-order chi connectivity index (χ0) is 9.68. The van der Waals surface area contributed by atoms with Gasteiger partial charge in [0, 0.05) is 16.9 Å². The first-order valence-electron chi connectivity index (χ1n) is 3.90. The lowest BCUT2D eigenvalue weighted by atomic mass is 10.3. The molecular formula is C10H11ClN2. The van der Waals surface area contributed by atoms with E-state index in [-0.39, 0.29) is 0 Å². The lowest BCUT2D eigenvalue weighted by Crippen LogP contribution is -1.89. The summed E-state index contributed by atoms with van der Waals surface area (Å²) in [4.78, 5) is 4.15. The van der Waals surface area contributed by atoms with E-state index < -0.39 is 0 Å². The summed E-state index contributed by atoms with van der Waals surface area (Å²) in [6.07, 6.45) is 3.41. The van der Waals surface area contributed by atoms with Gasteiger partial charge in [-0.2, -0.15) is 0 Å². The van der Waals surface area contributed by atoms with E-state index in [0.717, 1.165) is 11.4 Å². The van der Waals surface area contributed by atoms with Crippen LogP contribution < -0.4 is 5.73 Å². The van der Waals surface area contributed by atoms with Crippen LogP contribution in [0.3, 0.4) is 0 Å². The van der Waals surface area contributed by atoms with Crippen molar-refractivity contribution in [2.24, 2.45) is 10.7 Å². The number of aliphatic imine (C=N–C) groups is 1. The Balaban J connectivity index is 2.70. The van der Waals surface area contributed by atoms with Crippen molar-refractivity contribution >= 4 is 23.5 Å². The van der Waals surface area contributed by atoms with Crippen molar-refractivity contribution in [2.45, 2.75) is 6.92 Å². The molecule has 0 aromatic heterocycles. The van der Waals surface area contributed by atoms with Crippen LogP contribution >= 0.6 is 11.6 Å². The summed E-state index contributed by atoms with van der Waals surface area (Å²) < 4.78 is 0. The Morgan fingerprint density at radius 1 is 1.38 bits per heavy atom. The van der Waals surface area contributed by atoms with Crippen LogP contribution in [0.1, 0.15) is 6.92 Å². The molecule has 0 spiro atoms. The zero-order valence-electron chi connectivity index (χ0n) is 7.37. The van der Waals surface area contributed by atoms with Gasteiger partial charge in [-0.25, -0.2) is 0 Å². The smallest absolute Gasteiger partial charge is 0.0630 e. The van der Waals surface area contributed by atoms with Crippen LogP contribution in [0.2, 0.25) is 5.02 Å². The third kappa shape index (κ3) is 3.76. The first-order chi connectivity index (χ1) is 6.18. The monoisotopic (exact) mass is 194 g/mol. The third-order valence-electron chi connectivity index (χ3n) is 1.39. The Kier molecular flexibility index (Phi) is 3.53. The van der Waals surface area contributed by atoms with Crippen molar-refractivity contribution < 1.29 is 0 Å². The summed E-state index contributed by atoms with van der Waals surface area (Å²) in [6, 6.07) is 7.29. The molecule has 1 aromatic rings. The molecule has 0 aliphatic carbocycles. The molecule has 1 rings (SSSR count). The fourth-order valence-electron chi connectivity index (χ4n) is 0.768. The number of allylic oxidation sites excluding steroid dienone is 2. The van der Waals surface area contributed by atoms with Gasteiger partial charge in [-0.1, -0.05) is 11.6 Å². The van der Waals surface area contributed by atoms with Gasteiger partial charge >= 0.3 is 0 Å².